The van der Waals surface area contributed by atoms with E-state index >= 15 is 0 Å². The molecule has 3 aromatic rings. The van der Waals surface area contributed by atoms with Crippen LogP contribution in [0.1, 0.15) is 71.8 Å². The Kier molecular flexibility index (Phi) is 15.4. The number of carbonyl (C=O) groups excluding carboxylic acids is 2. The van der Waals surface area contributed by atoms with Crippen LogP contribution in [0.25, 0.3) is 0 Å². The predicted molar refractivity (Wildman–Crippen MR) is 205 cm³/mol. The van der Waals surface area contributed by atoms with Crippen LogP contribution in [0, 0.1) is 11.8 Å². The van der Waals surface area contributed by atoms with Gasteiger partial charge in [-0.15, -0.1) is 0 Å². The van der Waals surface area contributed by atoms with Crippen LogP contribution in [0.15, 0.2) is 91.0 Å². The minimum atomic E-state index is -0.415. The number of hydrogen-bond donors (Lipinski definition) is 1. The zero-order valence-electron chi connectivity index (χ0n) is 30.6. The molecule has 1 N–H and O–H groups in total. The highest BCUT2D eigenvalue weighted by Crippen LogP contribution is 2.29. The third-order valence-corrected chi connectivity index (χ3v) is 10.5. The number of nitrogens with zero attached hydrogens (tertiary/aromatic N) is 4. The van der Waals surface area contributed by atoms with Crippen LogP contribution >= 0.6 is 0 Å². The van der Waals surface area contributed by atoms with Crippen molar-refractivity contribution in [3.63, 3.8) is 0 Å². The summed E-state index contributed by atoms with van der Waals surface area (Å²) >= 11 is 0. The fraction of sp³-hybridized carbons (Fsp3) is 0.512. The van der Waals surface area contributed by atoms with Gasteiger partial charge in [0.2, 0.25) is 11.8 Å². The molecule has 5 rings (SSSR count). The molecular formula is C41H59BN4O3. The lowest BCUT2D eigenvalue weighted by Gasteiger charge is -2.41. The Hall–Kier alpha value is -3.46. The van der Waals surface area contributed by atoms with E-state index in [2.05, 4.69) is 66.0 Å². The van der Waals surface area contributed by atoms with Crippen LogP contribution in [0.4, 0.5) is 11.4 Å². The van der Waals surface area contributed by atoms with E-state index in [9.17, 15) is 14.6 Å². The molecule has 2 aliphatic rings. The lowest BCUT2D eigenvalue weighted by Crippen LogP contribution is -2.51. The molecule has 7 nitrogen and oxygen atoms in total. The van der Waals surface area contributed by atoms with Gasteiger partial charge in [0.1, 0.15) is 0 Å². The Morgan fingerprint density at radius 3 is 1.65 bits per heavy atom. The van der Waals surface area contributed by atoms with Crippen LogP contribution in [0.2, 0.25) is 6.82 Å². The first kappa shape index (κ1) is 38.3. The zero-order valence-corrected chi connectivity index (χ0v) is 30.6. The topological polar surface area (TPSA) is 67.3 Å². The molecule has 0 spiro atoms. The van der Waals surface area contributed by atoms with Crippen molar-refractivity contribution in [1.29, 1.82) is 0 Å². The zero-order chi connectivity index (χ0) is 35.2. The molecule has 0 aromatic heterocycles. The van der Waals surface area contributed by atoms with E-state index in [1.54, 1.807) is 0 Å². The van der Waals surface area contributed by atoms with Crippen LogP contribution in [0.5, 0.6) is 0 Å². The number of para-hydroxylation sites is 2. The van der Waals surface area contributed by atoms with E-state index in [4.69, 9.17) is 0 Å². The number of rotatable bonds is 12. The normalized spacial score (nSPS) is 19.6. The largest absolute Gasteiger partial charge is 0.437 e. The molecule has 264 valence electrons. The third-order valence-electron chi connectivity index (χ3n) is 10.5. The molecule has 4 unspecified atom stereocenters. The van der Waals surface area contributed by atoms with Crippen molar-refractivity contribution in [2.75, 3.05) is 42.5 Å². The van der Waals surface area contributed by atoms with Gasteiger partial charge in [-0.05, 0) is 114 Å². The van der Waals surface area contributed by atoms with Crippen molar-refractivity contribution >= 4 is 30.2 Å². The van der Waals surface area contributed by atoms with Gasteiger partial charge in [-0.25, -0.2) is 0 Å². The van der Waals surface area contributed by atoms with Crippen LogP contribution in [-0.2, 0) is 16.0 Å². The van der Waals surface area contributed by atoms with Crippen molar-refractivity contribution in [3.8, 4) is 0 Å². The molecule has 0 saturated carbocycles. The number of anilines is 2. The number of piperidine rings is 2. The Morgan fingerprint density at radius 1 is 0.735 bits per heavy atom. The van der Waals surface area contributed by atoms with E-state index in [0.29, 0.717) is 24.7 Å². The summed E-state index contributed by atoms with van der Waals surface area (Å²) in [5.74, 6) is 1.28. The molecule has 2 amide bonds. The van der Waals surface area contributed by atoms with Crippen molar-refractivity contribution in [3.05, 3.63) is 96.6 Å². The Morgan fingerprint density at radius 2 is 1.18 bits per heavy atom. The van der Waals surface area contributed by atoms with Crippen molar-refractivity contribution in [1.82, 2.24) is 9.71 Å². The highest BCUT2D eigenvalue weighted by Gasteiger charge is 2.33. The maximum absolute atomic E-state index is 12.7. The smallest absolute Gasteiger partial charge is 0.376 e. The maximum Gasteiger partial charge on any atom is 0.376 e. The second kappa shape index (κ2) is 19.7. The minimum Gasteiger partial charge on any atom is -0.437 e. The van der Waals surface area contributed by atoms with Gasteiger partial charge in [-0.1, -0.05) is 80.6 Å². The monoisotopic (exact) mass is 666 g/mol. The molecule has 0 radical (unpaired) electrons. The summed E-state index contributed by atoms with van der Waals surface area (Å²) in [6, 6.07) is 31.2. The second-order valence-corrected chi connectivity index (χ2v) is 13.9. The third kappa shape index (κ3) is 11.0. The summed E-state index contributed by atoms with van der Waals surface area (Å²) in [5, 5.41) is 9.83. The van der Waals surface area contributed by atoms with Crippen molar-refractivity contribution < 1.29 is 14.6 Å². The fourth-order valence-corrected chi connectivity index (χ4v) is 7.55. The first-order valence-electron chi connectivity index (χ1n) is 18.7. The summed E-state index contributed by atoms with van der Waals surface area (Å²) in [7, 11) is -0.415. The highest BCUT2D eigenvalue weighted by atomic mass is 16.2. The SMILES string of the molecule is CCC(=O)N(c1ccccc1)C(C)C1CCCN(B(C)O)C1.CCC(=O)N(c1ccccc1)C(C)C1CCCN(CCc2ccccc2)C1. The van der Waals surface area contributed by atoms with Crippen molar-refractivity contribution in [2.24, 2.45) is 11.8 Å². The van der Waals surface area contributed by atoms with Gasteiger partial charge in [0, 0.05) is 49.4 Å². The van der Waals surface area contributed by atoms with Crippen LogP contribution in [-0.4, -0.2) is 78.4 Å². The molecule has 0 aliphatic carbocycles. The lowest BCUT2D eigenvalue weighted by molar-refractivity contribution is -0.119. The standard InChI is InChI=1S/C24H32N2O.C17H27BN2O2/c1-3-24(27)26(23-14-8-5-9-15-23)20(2)22-13-10-17-25(19-22)18-16-21-11-6-4-7-12-21;1-4-17(21)20(16-10-6-5-7-11-16)14(2)15-9-8-12-19(13-15)18(3)22/h4-9,11-12,14-15,20,22H,3,10,13,16-19H2,1-2H3;5-7,10-11,14-15,22H,4,8-9,12-13H2,1-3H3. The van der Waals surface area contributed by atoms with E-state index < -0.39 is 7.05 Å². The van der Waals surface area contributed by atoms with Gasteiger partial charge in [-0.2, -0.15) is 0 Å². The number of hydrogen-bond acceptors (Lipinski definition) is 5. The first-order valence-corrected chi connectivity index (χ1v) is 18.7. The average Bonchev–Trinajstić information content (AvgIpc) is 3.15. The number of carbonyl (C=O) groups is 2. The van der Waals surface area contributed by atoms with Gasteiger partial charge < -0.3 is 24.5 Å². The molecule has 2 saturated heterocycles. The molecule has 2 aliphatic heterocycles. The van der Waals surface area contributed by atoms with E-state index in [-0.39, 0.29) is 23.9 Å². The number of benzene rings is 3. The summed E-state index contributed by atoms with van der Waals surface area (Å²) in [6.45, 7) is 15.2. The second-order valence-electron chi connectivity index (χ2n) is 13.9. The van der Waals surface area contributed by atoms with Gasteiger partial charge >= 0.3 is 7.05 Å². The molecule has 0 bridgehead atoms. The summed E-state index contributed by atoms with van der Waals surface area (Å²) in [4.78, 5) is 33.8. The van der Waals surface area contributed by atoms with E-state index in [1.165, 1.54) is 24.9 Å². The first-order chi connectivity index (χ1) is 23.7. The molecular weight excluding hydrogens is 607 g/mol. The highest BCUT2D eigenvalue weighted by molar-refractivity contribution is 6.45. The molecule has 2 heterocycles. The van der Waals surface area contributed by atoms with Gasteiger partial charge in [-0.3, -0.25) is 9.59 Å². The molecule has 49 heavy (non-hydrogen) atoms. The fourth-order valence-electron chi connectivity index (χ4n) is 7.55. The average molecular weight is 667 g/mol. The minimum absolute atomic E-state index is 0.136. The Labute approximate surface area is 296 Å². The van der Waals surface area contributed by atoms with E-state index in [0.717, 1.165) is 56.8 Å². The summed E-state index contributed by atoms with van der Waals surface area (Å²) in [5.41, 5.74) is 3.40. The maximum atomic E-state index is 12.7. The predicted octanol–water partition coefficient (Wildman–Crippen LogP) is 7.41. The van der Waals surface area contributed by atoms with Crippen LogP contribution in [0.3, 0.4) is 0 Å². The lowest BCUT2D eigenvalue weighted by atomic mass is 9.79. The Bertz CT molecular complexity index is 1390. The summed E-state index contributed by atoms with van der Waals surface area (Å²) in [6.07, 6.45) is 6.73. The Balaban J connectivity index is 0.000000226. The van der Waals surface area contributed by atoms with Crippen molar-refractivity contribution in [2.45, 2.75) is 91.5 Å². The van der Waals surface area contributed by atoms with Gasteiger partial charge in [0.05, 0.1) is 0 Å². The summed E-state index contributed by atoms with van der Waals surface area (Å²) < 4.78 is 0. The number of likely N-dealkylation sites (tertiary alicyclic amines) is 1. The molecule has 8 heteroatoms. The quantitative estimate of drug-likeness (QED) is 0.204. The van der Waals surface area contributed by atoms with Gasteiger partial charge in [0.25, 0.3) is 0 Å². The van der Waals surface area contributed by atoms with E-state index in [1.807, 2.05) is 79.0 Å². The molecule has 2 fully saturated rings. The van der Waals surface area contributed by atoms with Gasteiger partial charge in [0.15, 0.2) is 0 Å². The molecule has 3 aromatic carbocycles. The number of amides is 2. The molecule has 4 atom stereocenters. The van der Waals surface area contributed by atoms with Crippen LogP contribution < -0.4 is 9.80 Å².